The van der Waals surface area contributed by atoms with Crippen molar-refractivity contribution in [3.8, 4) is 0 Å². The zero-order valence-corrected chi connectivity index (χ0v) is 12.3. The second-order valence-corrected chi connectivity index (χ2v) is 6.30. The molecule has 0 saturated heterocycles. The Morgan fingerprint density at radius 1 is 1.26 bits per heavy atom. The highest BCUT2D eigenvalue weighted by atomic mass is 16.4. The zero-order valence-electron chi connectivity index (χ0n) is 12.3. The lowest BCUT2D eigenvalue weighted by atomic mass is 9.74. The second-order valence-electron chi connectivity index (χ2n) is 6.30. The summed E-state index contributed by atoms with van der Waals surface area (Å²) in [5, 5.41) is 12.1. The predicted molar refractivity (Wildman–Crippen MR) is 74.7 cm³/mol. The topological polar surface area (TPSA) is 66.4 Å². The van der Waals surface area contributed by atoms with Crippen LogP contribution >= 0.6 is 0 Å². The van der Waals surface area contributed by atoms with Gasteiger partial charge in [-0.05, 0) is 43.9 Å². The molecule has 0 heterocycles. The number of aliphatic carboxylic acids is 1. The van der Waals surface area contributed by atoms with Crippen LogP contribution in [0.2, 0.25) is 0 Å². The Balaban J connectivity index is 2.43. The minimum Gasteiger partial charge on any atom is -0.481 e. The predicted octanol–water partition coefficient (Wildman–Crippen LogP) is 2.68. The number of rotatable bonds is 6. The number of nitrogens with one attached hydrogen (secondary N) is 1. The lowest BCUT2D eigenvalue weighted by molar-refractivity contribution is -0.149. The van der Waals surface area contributed by atoms with Gasteiger partial charge in [-0.1, -0.05) is 20.8 Å². The first-order valence-corrected chi connectivity index (χ1v) is 7.42. The molecule has 4 nitrogen and oxygen atoms in total. The molecule has 0 radical (unpaired) electrons. The van der Waals surface area contributed by atoms with Crippen molar-refractivity contribution < 1.29 is 14.7 Å². The molecular weight excluding hydrogens is 242 g/mol. The Hall–Kier alpha value is -1.06. The van der Waals surface area contributed by atoms with Gasteiger partial charge in [0.1, 0.15) is 0 Å². The van der Waals surface area contributed by atoms with Crippen molar-refractivity contribution in [2.24, 2.45) is 23.7 Å². The summed E-state index contributed by atoms with van der Waals surface area (Å²) < 4.78 is 0. The standard InChI is InChI=1S/C15H27NO3/c1-10(2)5-4-8-16-14(17)12-7-6-11(3)9-13(12)15(18)19/h10-13H,4-9H2,1-3H3,(H,16,17)(H,18,19). The summed E-state index contributed by atoms with van der Waals surface area (Å²) in [7, 11) is 0. The van der Waals surface area contributed by atoms with Gasteiger partial charge < -0.3 is 10.4 Å². The summed E-state index contributed by atoms with van der Waals surface area (Å²) in [5.41, 5.74) is 0. The van der Waals surface area contributed by atoms with E-state index in [1.165, 1.54) is 0 Å². The maximum atomic E-state index is 12.1. The Labute approximate surface area is 116 Å². The fourth-order valence-corrected chi connectivity index (χ4v) is 2.82. The van der Waals surface area contributed by atoms with E-state index >= 15 is 0 Å². The number of carbonyl (C=O) groups is 2. The van der Waals surface area contributed by atoms with E-state index < -0.39 is 11.9 Å². The van der Waals surface area contributed by atoms with Crippen LogP contribution in [0.15, 0.2) is 0 Å². The average Bonchev–Trinajstić information content (AvgIpc) is 2.33. The van der Waals surface area contributed by atoms with Crippen molar-refractivity contribution in [3.05, 3.63) is 0 Å². The van der Waals surface area contributed by atoms with Gasteiger partial charge in [0, 0.05) is 6.54 Å². The van der Waals surface area contributed by atoms with Gasteiger partial charge in [0.25, 0.3) is 0 Å². The first-order valence-electron chi connectivity index (χ1n) is 7.42. The third-order valence-corrected chi connectivity index (χ3v) is 4.02. The summed E-state index contributed by atoms with van der Waals surface area (Å²) in [6.07, 6.45) is 4.33. The van der Waals surface area contributed by atoms with Crippen LogP contribution in [0.5, 0.6) is 0 Å². The molecule has 1 aliphatic carbocycles. The van der Waals surface area contributed by atoms with Gasteiger partial charge in [-0.25, -0.2) is 0 Å². The van der Waals surface area contributed by atoms with E-state index in [2.05, 4.69) is 26.1 Å². The van der Waals surface area contributed by atoms with Crippen LogP contribution in [-0.4, -0.2) is 23.5 Å². The highest BCUT2D eigenvalue weighted by Crippen LogP contribution is 2.34. The Kier molecular flexibility index (Phi) is 6.32. The van der Waals surface area contributed by atoms with Crippen LogP contribution < -0.4 is 5.32 Å². The highest BCUT2D eigenvalue weighted by molar-refractivity contribution is 5.84. The van der Waals surface area contributed by atoms with E-state index in [9.17, 15) is 14.7 Å². The largest absolute Gasteiger partial charge is 0.481 e. The number of carbonyl (C=O) groups excluding carboxylic acids is 1. The molecule has 0 spiro atoms. The molecular formula is C15H27NO3. The molecule has 110 valence electrons. The summed E-state index contributed by atoms with van der Waals surface area (Å²) in [4.78, 5) is 23.3. The highest BCUT2D eigenvalue weighted by Gasteiger charge is 2.37. The van der Waals surface area contributed by atoms with Crippen LogP contribution in [0.4, 0.5) is 0 Å². The van der Waals surface area contributed by atoms with Crippen molar-refractivity contribution in [1.82, 2.24) is 5.32 Å². The third kappa shape index (κ3) is 5.21. The van der Waals surface area contributed by atoms with E-state index in [1.54, 1.807) is 0 Å². The third-order valence-electron chi connectivity index (χ3n) is 4.02. The van der Waals surface area contributed by atoms with Gasteiger partial charge in [0.15, 0.2) is 0 Å². The molecule has 0 aromatic heterocycles. The average molecular weight is 269 g/mol. The van der Waals surface area contributed by atoms with Crippen LogP contribution in [0, 0.1) is 23.7 Å². The maximum Gasteiger partial charge on any atom is 0.307 e. The minimum atomic E-state index is -0.825. The van der Waals surface area contributed by atoms with E-state index in [0.29, 0.717) is 31.2 Å². The lowest BCUT2D eigenvalue weighted by Crippen LogP contribution is -2.41. The van der Waals surface area contributed by atoms with Crippen LogP contribution in [0.25, 0.3) is 0 Å². The monoisotopic (exact) mass is 269 g/mol. The smallest absolute Gasteiger partial charge is 0.307 e. The van der Waals surface area contributed by atoms with Gasteiger partial charge >= 0.3 is 5.97 Å². The fourth-order valence-electron chi connectivity index (χ4n) is 2.82. The van der Waals surface area contributed by atoms with Crippen molar-refractivity contribution in [3.63, 3.8) is 0 Å². The molecule has 19 heavy (non-hydrogen) atoms. The van der Waals surface area contributed by atoms with E-state index in [4.69, 9.17) is 0 Å². The molecule has 0 aromatic rings. The molecule has 1 amide bonds. The Morgan fingerprint density at radius 3 is 2.53 bits per heavy atom. The quantitative estimate of drug-likeness (QED) is 0.729. The number of hydrogen-bond acceptors (Lipinski definition) is 2. The number of hydrogen-bond donors (Lipinski definition) is 2. The second kappa shape index (κ2) is 7.51. The minimum absolute atomic E-state index is 0.0666. The number of carboxylic acids is 1. The van der Waals surface area contributed by atoms with Gasteiger partial charge in [-0.15, -0.1) is 0 Å². The number of carboxylic acid groups (broad SMARTS) is 1. The van der Waals surface area contributed by atoms with Crippen molar-refractivity contribution in [2.45, 2.75) is 52.9 Å². The van der Waals surface area contributed by atoms with E-state index in [-0.39, 0.29) is 11.8 Å². The van der Waals surface area contributed by atoms with Crippen LogP contribution in [-0.2, 0) is 9.59 Å². The van der Waals surface area contributed by atoms with Gasteiger partial charge in [-0.2, -0.15) is 0 Å². The van der Waals surface area contributed by atoms with Crippen molar-refractivity contribution in [2.75, 3.05) is 6.54 Å². The molecule has 1 fully saturated rings. The zero-order chi connectivity index (χ0) is 14.4. The fraction of sp³-hybridized carbons (Fsp3) is 0.867. The van der Waals surface area contributed by atoms with Crippen molar-refractivity contribution in [1.29, 1.82) is 0 Å². The molecule has 3 atom stereocenters. The molecule has 0 bridgehead atoms. The van der Waals surface area contributed by atoms with Gasteiger partial charge in [0.05, 0.1) is 11.8 Å². The Bertz CT molecular complexity index is 315. The molecule has 1 aliphatic rings. The molecule has 3 unspecified atom stereocenters. The summed E-state index contributed by atoms with van der Waals surface area (Å²) in [6.45, 7) is 7.04. The summed E-state index contributed by atoms with van der Waals surface area (Å²) in [6, 6.07) is 0. The molecule has 0 aromatic carbocycles. The van der Waals surface area contributed by atoms with E-state index in [1.807, 2.05) is 0 Å². The SMILES string of the molecule is CC(C)CCCNC(=O)C1CCC(C)CC1C(=O)O. The van der Waals surface area contributed by atoms with Crippen LogP contribution in [0.1, 0.15) is 52.9 Å². The number of amides is 1. The maximum absolute atomic E-state index is 12.1. The van der Waals surface area contributed by atoms with Crippen LogP contribution in [0.3, 0.4) is 0 Å². The normalized spacial score (nSPS) is 27.3. The Morgan fingerprint density at radius 2 is 1.95 bits per heavy atom. The van der Waals surface area contributed by atoms with Crippen molar-refractivity contribution >= 4 is 11.9 Å². The molecule has 1 rings (SSSR count). The summed E-state index contributed by atoms with van der Waals surface area (Å²) >= 11 is 0. The summed E-state index contributed by atoms with van der Waals surface area (Å²) in [5.74, 6) is -0.691. The first kappa shape index (κ1) is 16.0. The molecule has 0 aliphatic heterocycles. The molecule has 1 saturated carbocycles. The molecule has 4 heteroatoms. The lowest BCUT2D eigenvalue weighted by Gasteiger charge is -2.31. The van der Waals surface area contributed by atoms with Gasteiger partial charge in [0.2, 0.25) is 5.91 Å². The first-order chi connectivity index (χ1) is 8.91. The van der Waals surface area contributed by atoms with E-state index in [0.717, 1.165) is 19.3 Å². The van der Waals surface area contributed by atoms with Gasteiger partial charge in [-0.3, -0.25) is 9.59 Å². The molecule has 2 N–H and O–H groups in total.